The number of sulfone groups is 1. The van der Waals surface area contributed by atoms with Crippen LogP contribution in [0.4, 0.5) is 5.69 Å². The van der Waals surface area contributed by atoms with Crippen LogP contribution >= 0.6 is 0 Å². The van der Waals surface area contributed by atoms with Crippen molar-refractivity contribution in [1.82, 2.24) is 24.4 Å². The number of likely N-dealkylation sites (N-methyl/N-ethyl adjacent to an activating group) is 1. The summed E-state index contributed by atoms with van der Waals surface area (Å²) < 4.78 is 25.7. The van der Waals surface area contributed by atoms with Crippen LogP contribution in [0.3, 0.4) is 0 Å². The maximum absolute atomic E-state index is 11.9. The van der Waals surface area contributed by atoms with E-state index in [2.05, 4.69) is 26.8 Å². The summed E-state index contributed by atoms with van der Waals surface area (Å²) >= 11 is 0. The van der Waals surface area contributed by atoms with E-state index in [1.807, 2.05) is 18.5 Å². The average molecular weight is 455 g/mol. The largest absolute Gasteiger partial charge is 0.369 e. The number of aromatic nitrogens is 3. The molecule has 8 nitrogen and oxygen atoms in total. The Labute approximate surface area is 189 Å². The van der Waals surface area contributed by atoms with Gasteiger partial charge in [0.05, 0.1) is 29.2 Å². The van der Waals surface area contributed by atoms with Crippen LogP contribution in [0.5, 0.6) is 0 Å². The molecule has 0 atom stereocenters. The van der Waals surface area contributed by atoms with E-state index in [1.54, 1.807) is 28.9 Å². The number of piperazine rings is 1. The number of anilines is 1. The normalized spacial score (nSPS) is 19.6. The fourth-order valence-electron chi connectivity index (χ4n) is 4.80. The number of fused-ring (bicyclic) bond motifs is 1. The molecule has 3 aromatic rings. The highest BCUT2D eigenvalue weighted by atomic mass is 32.2. The van der Waals surface area contributed by atoms with Crippen LogP contribution in [-0.2, 0) is 9.84 Å². The van der Waals surface area contributed by atoms with Crippen LogP contribution in [0.2, 0.25) is 0 Å². The molecule has 32 heavy (non-hydrogen) atoms. The van der Waals surface area contributed by atoms with E-state index in [1.165, 1.54) is 32.2 Å². The molecular formula is C23H30N6O2S. The Morgan fingerprint density at radius 1 is 1.00 bits per heavy atom. The van der Waals surface area contributed by atoms with Crippen LogP contribution in [0.1, 0.15) is 12.8 Å². The molecule has 9 heteroatoms. The van der Waals surface area contributed by atoms with Gasteiger partial charge >= 0.3 is 0 Å². The first-order chi connectivity index (χ1) is 15.4. The molecular weight excluding hydrogens is 424 g/mol. The summed E-state index contributed by atoms with van der Waals surface area (Å²) in [5.41, 5.74) is 3.44. The van der Waals surface area contributed by atoms with Gasteiger partial charge in [-0.1, -0.05) is 12.1 Å². The second kappa shape index (κ2) is 8.46. The fourth-order valence-corrected chi connectivity index (χ4v) is 5.47. The first kappa shape index (κ1) is 21.4. The third-order valence-corrected chi connectivity index (χ3v) is 7.91. The molecule has 0 N–H and O–H groups in total. The van der Waals surface area contributed by atoms with Crippen molar-refractivity contribution in [3.05, 3.63) is 42.9 Å². The summed E-state index contributed by atoms with van der Waals surface area (Å²) in [7, 11) is -1.07. The second-order valence-electron chi connectivity index (χ2n) is 9.00. The van der Waals surface area contributed by atoms with Crippen LogP contribution in [0.25, 0.3) is 16.8 Å². The zero-order chi connectivity index (χ0) is 22.3. The van der Waals surface area contributed by atoms with Crippen molar-refractivity contribution in [2.24, 2.45) is 0 Å². The smallest absolute Gasteiger partial charge is 0.175 e. The van der Waals surface area contributed by atoms with Crippen molar-refractivity contribution in [1.29, 1.82) is 0 Å². The molecule has 0 saturated carbocycles. The summed E-state index contributed by atoms with van der Waals surface area (Å²) in [5, 5.41) is 4.50. The minimum Gasteiger partial charge on any atom is -0.369 e. The summed E-state index contributed by atoms with van der Waals surface area (Å²) in [6, 6.07) is 7.63. The molecule has 0 bridgehead atoms. The van der Waals surface area contributed by atoms with Crippen LogP contribution in [-0.4, -0.2) is 91.4 Å². The molecule has 1 aromatic carbocycles. The summed E-state index contributed by atoms with van der Waals surface area (Å²) in [6.07, 6.45) is 9.26. The van der Waals surface area contributed by atoms with E-state index in [9.17, 15) is 8.42 Å². The molecule has 0 aliphatic carbocycles. The van der Waals surface area contributed by atoms with E-state index in [0.717, 1.165) is 48.6 Å². The summed E-state index contributed by atoms with van der Waals surface area (Å²) in [4.78, 5) is 12.4. The SMILES string of the molecule is CN1CCN(C2CCN(c3cnc4c(-c5cccc(S(C)(=O)=O)c5)cnn4c3)CC2)CC1. The Bertz CT molecular complexity index is 1210. The topological polar surface area (TPSA) is 74.0 Å². The van der Waals surface area contributed by atoms with E-state index < -0.39 is 9.84 Å². The van der Waals surface area contributed by atoms with Gasteiger partial charge in [-0.05, 0) is 37.6 Å². The Hall–Kier alpha value is -2.49. The Kier molecular flexibility index (Phi) is 5.65. The summed E-state index contributed by atoms with van der Waals surface area (Å²) in [5.74, 6) is 0. The second-order valence-corrected chi connectivity index (χ2v) is 11.0. The van der Waals surface area contributed by atoms with Crippen molar-refractivity contribution in [2.45, 2.75) is 23.8 Å². The highest BCUT2D eigenvalue weighted by molar-refractivity contribution is 7.90. The average Bonchev–Trinajstić information content (AvgIpc) is 3.23. The Balaban J connectivity index is 1.32. The third kappa shape index (κ3) is 4.24. The van der Waals surface area contributed by atoms with Gasteiger partial charge in [0.2, 0.25) is 0 Å². The lowest BCUT2D eigenvalue weighted by molar-refractivity contribution is 0.0982. The molecule has 2 aliphatic heterocycles. The van der Waals surface area contributed by atoms with Crippen LogP contribution < -0.4 is 4.90 Å². The minimum absolute atomic E-state index is 0.300. The number of nitrogens with zero attached hydrogens (tertiary/aromatic N) is 6. The molecule has 2 aliphatic rings. The van der Waals surface area contributed by atoms with E-state index >= 15 is 0 Å². The first-order valence-electron chi connectivity index (χ1n) is 11.2. The fraction of sp³-hybridized carbons (Fsp3) is 0.478. The Morgan fingerprint density at radius 3 is 2.47 bits per heavy atom. The van der Waals surface area contributed by atoms with Gasteiger partial charge in [0.1, 0.15) is 0 Å². The maximum Gasteiger partial charge on any atom is 0.175 e. The number of hydrogen-bond donors (Lipinski definition) is 0. The third-order valence-electron chi connectivity index (χ3n) is 6.80. The number of hydrogen-bond acceptors (Lipinski definition) is 7. The molecule has 2 fully saturated rings. The number of rotatable bonds is 4. The van der Waals surface area contributed by atoms with E-state index in [0.29, 0.717) is 10.9 Å². The molecule has 5 rings (SSSR count). The molecule has 0 unspecified atom stereocenters. The molecule has 170 valence electrons. The molecule has 0 spiro atoms. The Morgan fingerprint density at radius 2 is 1.75 bits per heavy atom. The molecule has 4 heterocycles. The van der Waals surface area contributed by atoms with Crippen molar-refractivity contribution >= 4 is 21.2 Å². The lowest BCUT2D eigenvalue weighted by atomic mass is 10.0. The van der Waals surface area contributed by atoms with Gasteiger partial charge in [-0.25, -0.2) is 17.9 Å². The zero-order valence-electron chi connectivity index (χ0n) is 18.7. The van der Waals surface area contributed by atoms with Gasteiger partial charge in [-0.3, -0.25) is 4.90 Å². The van der Waals surface area contributed by atoms with Gasteiger partial charge in [0, 0.05) is 57.1 Å². The highest BCUT2D eigenvalue weighted by Crippen LogP contribution is 2.28. The van der Waals surface area contributed by atoms with Crippen LogP contribution in [0.15, 0.2) is 47.8 Å². The van der Waals surface area contributed by atoms with Gasteiger partial charge in [-0.15, -0.1) is 0 Å². The molecule has 2 aromatic heterocycles. The monoisotopic (exact) mass is 454 g/mol. The summed E-state index contributed by atoms with van der Waals surface area (Å²) in [6.45, 7) is 6.71. The number of benzene rings is 1. The highest BCUT2D eigenvalue weighted by Gasteiger charge is 2.27. The van der Waals surface area contributed by atoms with Gasteiger partial charge in [-0.2, -0.15) is 5.10 Å². The van der Waals surface area contributed by atoms with Crippen molar-refractivity contribution in [3.8, 4) is 11.1 Å². The van der Waals surface area contributed by atoms with Crippen molar-refractivity contribution < 1.29 is 8.42 Å². The number of piperidine rings is 1. The maximum atomic E-state index is 11.9. The molecule has 2 saturated heterocycles. The predicted octanol–water partition coefficient (Wildman–Crippen LogP) is 2.02. The zero-order valence-corrected chi connectivity index (χ0v) is 19.5. The van der Waals surface area contributed by atoms with Gasteiger partial charge < -0.3 is 9.80 Å². The van der Waals surface area contributed by atoms with Gasteiger partial charge in [0.25, 0.3) is 0 Å². The minimum atomic E-state index is -3.27. The lowest BCUT2D eigenvalue weighted by Gasteiger charge is -2.42. The molecule has 0 amide bonds. The molecule has 0 radical (unpaired) electrons. The lowest BCUT2D eigenvalue weighted by Crippen LogP contribution is -2.52. The van der Waals surface area contributed by atoms with E-state index in [4.69, 9.17) is 4.98 Å². The quantitative estimate of drug-likeness (QED) is 0.597. The standard InChI is InChI=1S/C23H30N6O2S/c1-26-10-12-28(13-11-26)19-6-8-27(9-7-19)20-15-24-23-22(16-25-29(23)17-20)18-4-3-5-21(14-18)32(2,30)31/h3-5,14-17,19H,6-13H2,1-2H3. The van der Waals surface area contributed by atoms with Crippen molar-refractivity contribution in [3.63, 3.8) is 0 Å². The first-order valence-corrected chi connectivity index (χ1v) is 13.1. The van der Waals surface area contributed by atoms with Gasteiger partial charge in [0.15, 0.2) is 15.5 Å². The van der Waals surface area contributed by atoms with Crippen LogP contribution in [0, 0.1) is 0 Å². The predicted molar refractivity (Wildman–Crippen MR) is 126 cm³/mol. The van der Waals surface area contributed by atoms with E-state index in [-0.39, 0.29) is 0 Å². The van der Waals surface area contributed by atoms with Crippen molar-refractivity contribution in [2.75, 3.05) is 57.5 Å².